The number of likely N-dealkylation sites (tertiary alicyclic amines) is 8. The van der Waals surface area contributed by atoms with Gasteiger partial charge >= 0.3 is 0 Å². The maximum atomic E-state index is 12.1. The van der Waals surface area contributed by atoms with Gasteiger partial charge in [0, 0.05) is 48.3 Å². The third-order valence-electron chi connectivity index (χ3n) is 25.6. The van der Waals surface area contributed by atoms with Crippen LogP contribution in [0.3, 0.4) is 0 Å². The number of nitrogens with zero attached hydrogens (tertiary/aromatic N) is 8. The first kappa shape index (κ1) is 109. The predicted octanol–water partition coefficient (Wildman–Crippen LogP) is 12.4. The molecule has 8 aliphatic heterocycles. The van der Waals surface area contributed by atoms with Gasteiger partial charge in [-0.25, -0.2) is 0 Å². The molecule has 0 radical (unpaired) electrons. The Hall–Kier alpha value is -4.56. The van der Waals surface area contributed by atoms with Crippen LogP contribution in [0.5, 0.6) is 0 Å². The summed E-state index contributed by atoms with van der Waals surface area (Å²) in [6.45, 7) is 46.8. The molecule has 0 aromatic rings. The van der Waals surface area contributed by atoms with Crippen molar-refractivity contribution < 1.29 is 38.4 Å². The van der Waals surface area contributed by atoms with Crippen LogP contribution < -0.4 is 42.5 Å². The summed E-state index contributed by atoms with van der Waals surface area (Å²) in [5.74, 6) is 2.81. The molecule has 8 aliphatic rings. The van der Waals surface area contributed by atoms with E-state index < -0.39 is 0 Å². The van der Waals surface area contributed by atoms with Gasteiger partial charge in [-0.3, -0.25) is 77.6 Å². The second-order valence-electron chi connectivity index (χ2n) is 35.9. The maximum Gasteiger partial charge on any atom is 0.237 e. The van der Waals surface area contributed by atoms with Crippen molar-refractivity contribution in [3.63, 3.8) is 0 Å². The molecule has 0 aromatic carbocycles. The SMILES string of the molecule is CCC(CC)NC(=O)[C@@H]1CCCN1C.CCCC(CCC)NC(=O)[C@@H]1CCCN1C.CCC[C@@H](CC)NC(=O)[C@@H]1CCCN1C.CCC[C@H](CC)NC(=O)[C@@H]1CCCN1C.CC[C@@H](C)NC(=O)[C@@H]1CCCN1C.CC[C@@H](NC(=O)[C@@H]1CCCN1C)C(C)C.CC[C@H](C)NC(=O)[C@@H]1CCCN1C.CC[C@H](NC(=O)[C@@H]1CCCN1C)C(C)C. The Labute approximate surface area is 711 Å². The fourth-order valence-corrected chi connectivity index (χ4v) is 17.0. The molecule has 0 spiro atoms. The Balaban J connectivity index is 0.000000663. The van der Waals surface area contributed by atoms with Crippen LogP contribution >= 0.6 is 0 Å². The standard InChI is InChI=1S/C13H26N2O.4C12H24N2O.C11H22N2O.2C10H20N2O/c1-4-7-11(8-5-2)14-13(16)12-9-6-10-15(12)3;2*1-5-10(9(2)3)13-12(15)11-7-6-8-14(11)4;2*1-4-7-10(5-2)13-12(15)11-8-6-9-14(11)3;1-4-9(5-2)12-11(14)10-7-6-8-13(10)3;2*1-4-8(2)11-10(13)9-6-5-7-12(9)3/h11-12H,4-10H2,1-3H3,(H,14,16);2*9-11H,5-8H2,1-4H3,(H,13,15);2*10-11H,4-9H2,1-3H3,(H,13,15);9-10H,4-8H2,1-3H3,(H,12,14);2*8-9H,4-7H2,1-3H3,(H,11,13)/t12-;10-,11+;10-,11-;10-,11+;10-,11-;10-;8-,9+;8-,9-/m01010010/s1. The Morgan fingerprint density at radius 3 is 0.560 bits per heavy atom. The summed E-state index contributed by atoms with van der Waals surface area (Å²) in [6, 6.07) is 3.69. The van der Waals surface area contributed by atoms with Crippen LogP contribution in [0, 0.1) is 11.8 Å². The number of amides is 8. The summed E-state index contributed by atoms with van der Waals surface area (Å²) in [6.07, 6.45) is 34.4. The summed E-state index contributed by atoms with van der Waals surface area (Å²) < 4.78 is 0. The van der Waals surface area contributed by atoms with Crippen LogP contribution in [-0.2, 0) is 38.4 Å². The number of nitrogens with one attached hydrogen (secondary N) is 8. The summed E-state index contributed by atoms with van der Waals surface area (Å²) in [5.41, 5.74) is 0. The van der Waals surface area contributed by atoms with Crippen LogP contribution in [0.4, 0.5) is 0 Å². The molecular formula is C92H184N16O8. The summed E-state index contributed by atoms with van der Waals surface area (Å²) in [4.78, 5) is 112. The lowest BCUT2D eigenvalue weighted by atomic mass is 10.0. The van der Waals surface area contributed by atoms with Gasteiger partial charge in [0.25, 0.3) is 0 Å². The second-order valence-corrected chi connectivity index (χ2v) is 35.9. The molecule has 680 valence electrons. The molecule has 24 heteroatoms. The molecule has 8 heterocycles. The van der Waals surface area contributed by atoms with E-state index >= 15 is 0 Å². The average Bonchev–Trinajstić information content (AvgIpc) is 1.80. The predicted molar refractivity (Wildman–Crippen MR) is 484 cm³/mol. The molecule has 24 nitrogen and oxygen atoms in total. The third kappa shape index (κ3) is 41.8. The lowest BCUT2D eigenvalue weighted by molar-refractivity contribution is -0.126. The van der Waals surface area contributed by atoms with Crippen LogP contribution in [0.25, 0.3) is 0 Å². The van der Waals surface area contributed by atoms with Crippen molar-refractivity contribution in [3.05, 3.63) is 0 Å². The molecule has 8 rings (SSSR count). The minimum atomic E-state index is 0.109. The van der Waals surface area contributed by atoms with E-state index in [4.69, 9.17) is 0 Å². The van der Waals surface area contributed by atoms with E-state index in [1.165, 1.54) is 0 Å². The summed E-state index contributed by atoms with van der Waals surface area (Å²) >= 11 is 0. The van der Waals surface area contributed by atoms with E-state index in [9.17, 15) is 38.4 Å². The minimum absolute atomic E-state index is 0.109. The number of hydrogen-bond donors (Lipinski definition) is 8. The van der Waals surface area contributed by atoms with Crippen LogP contribution in [0.15, 0.2) is 0 Å². The van der Waals surface area contributed by atoms with E-state index in [0.29, 0.717) is 60.2 Å². The van der Waals surface area contributed by atoms with Gasteiger partial charge in [0.15, 0.2) is 0 Å². The highest BCUT2D eigenvalue weighted by Gasteiger charge is 2.36. The van der Waals surface area contributed by atoms with Crippen molar-refractivity contribution in [2.75, 3.05) is 109 Å². The molecule has 0 aliphatic carbocycles. The highest BCUT2D eigenvalue weighted by atomic mass is 16.2. The zero-order valence-corrected chi connectivity index (χ0v) is 79.5. The molecule has 14 atom stereocenters. The van der Waals surface area contributed by atoms with Gasteiger partial charge in [0.1, 0.15) is 0 Å². The first-order valence-corrected chi connectivity index (χ1v) is 47.2. The van der Waals surface area contributed by atoms with Gasteiger partial charge in [-0.05, 0) is 314 Å². The normalized spacial score (nSPS) is 24.1. The minimum Gasteiger partial charge on any atom is -0.352 e. The highest BCUT2D eigenvalue weighted by Crippen LogP contribution is 2.23. The van der Waals surface area contributed by atoms with Gasteiger partial charge < -0.3 is 42.5 Å². The van der Waals surface area contributed by atoms with Crippen molar-refractivity contribution in [2.24, 2.45) is 11.8 Å². The molecule has 8 amide bonds. The zero-order valence-electron chi connectivity index (χ0n) is 79.5. The number of carbonyl (C=O) groups is 8. The smallest absolute Gasteiger partial charge is 0.237 e. The van der Waals surface area contributed by atoms with Crippen LogP contribution in [-0.4, -0.2) is 292 Å². The van der Waals surface area contributed by atoms with E-state index in [1.54, 1.807) is 0 Å². The van der Waals surface area contributed by atoms with Crippen molar-refractivity contribution in [3.8, 4) is 0 Å². The van der Waals surface area contributed by atoms with Gasteiger partial charge in [-0.1, -0.05) is 136 Å². The molecule has 116 heavy (non-hydrogen) atoms. The Morgan fingerprint density at radius 1 is 0.233 bits per heavy atom. The maximum absolute atomic E-state index is 12.1. The van der Waals surface area contributed by atoms with Crippen molar-refractivity contribution in [1.29, 1.82) is 0 Å². The lowest BCUT2D eigenvalue weighted by Crippen LogP contribution is -2.47. The zero-order chi connectivity index (χ0) is 87.6. The fraction of sp³-hybridized carbons (Fsp3) is 0.913. The van der Waals surface area contributed by atoms with Crippen molar-refractivity contribution in [1.82, 2.24) is 81.7 Å². The first-order valence-electron chi connectivity index (χ1n) is 47.2. The van der Waals surface area contributed by atoms with Crippen molar-refractivity contribution in [2.45, 2.75) is 427 Å². The topological polar surface area (TPSA) is 259 Å². The lowest BCUT2D eigenvalue weighted by Gasteiger charge is -2.25. The fourth-order valence-electron chi connectivity index (χ4n) is 17.0. The Kier molecular flexibility index (Phi) is 59.0. The monoisotopic (exact) mass is 1640 g/mol. The van der Waals surface area contributed by atoms with E-state index in [2.05, 4.69) is 193 Å². The molecular weight excluding hydrogens is 1460 g/mol. The number of hydrogen-bond acceptors (Lipinski definition) is 16. The molecule has 0 unspecified atom stereocenters. The second kappa shape index (κ2) is 62.5. The quantitative estimate of drug-likeness (QED) is 0.0298. The Morgan fingerprint density at radius 2 is 0.405 bits per heavy atom. The molecule has 8 saturated heterocycles. The number of rotatable bonds is 34. The largest absolute Gasteiger partial charge is 0.352 e. The summed E-state index contributed by atoms with van der Waals surface area (Å²) in [5, 5.41) is 25.0. The average molecular weight is 1640 g/mol. The first-order chi connectivity index (χ1) is 55.1. The number of likely N-dealkylation sites (N-methyl/N-ethyl adjacent to an activating group) is 8. The van der Waals surface area contributed by atoms with Crippen LogP contribution in [0.1, 0.15) is 330 Å². The van der Waals surface area contributed by atoms with Gasteiger partial charge in [0.05, 0.1) is 48.3 Å². The molecule has 0 saturated carbocycles. The van der Waals surface area contributed by atoms with Gasteiger partial charge in [0.2, 0.25) is 47.3 Å². The van der Waals surface area contributed by atoms with E-state index in [1.807, 2.05) is 70.2 Å². The van der Waals surface area contributed by atoms with E-state index in [-0.39, 0.29) is 95.6 Å². The van der Waals surface area contributed by atoms with Gasteiger partial charge in [-0.2, -0.15) is 0 Å². The van der Waals surface area contributed by atoms with Gasteiger partial charge in [-0.15, -0.1) is 0 Å². The number of carbonyl (C=O) groups excluding carboxylic acids is 8. The molecule has 0 aromatic heterocycles. The van der Waals surface area contributed by atoms with Crippen molar-refractivity contribution >= 4 is 47.3 Å². The third-order valence-corrected chi connectivity index (χ3v) is 25.6. The van der Waals surface area contributed by atoms with E-state index in [0.717, 1.165) is 258 Å². The molecule has 8 N–H and O–H groups in total. The van der Waals surface area contributed by atoms with Crippen LogP contribution in [0.2, 0.25) is 0 Å². The molecule has 0 bridgehead atoms. The summed E-state index contributed by atoms with van der Waals surface area (Å²) in [7, 11) is 16.3. The Bertz CT molecular complexity index is 2520. The molecule has 8 fully saturated rings. The highest BCUT2D eigenvalue weighted by molar-refractivity contribution is 5.85.